The van der Waals surface area contributed by atoms with Crippen LogP contribution in [0.25, 0.3) is 0 Å². The Morgan fingerprint density at radius 3 is 2.40 bits per heavy atom. The fourth-order valence-corrected chi connectivity index (χ4v) is 2.24. The number of nitrogens with one attached hydrogen (secondary N) is 3. The van der Waals surface area contributed by atoms with Crippen molar-refractivity contribution in [1.82, 2.24) is 16.0 Å². The van der Waals surface area contributed by atoms with Crippen LogP contribution in [-0.4, -0.2) is 58.1 Å². The SMILES string of the molecule is CCOC(=O)NC(CNC(=NC)NCCCOCC(C)C)CC(C)C. The van der Waals surface area contributed by atoms with Crippen molar-refractivity contribution in [2.45, 2.75) is 53.5 Å². The van der Waals surface area contributed by atoms with Gasteiger partial charge in [-0.15, -0.1) is 0 Å². The molecule has 0 fully saturated rings. The average molecular weight is 359 g/mol. The Morgan fingerprint density at radius 1 is 1.12 bits per heavy atom. The van der Waals surface area contributed by atoms with E-state index < -0.39 is 0 Å². The molecule has 7 heteroatoms. The summed E-state index contributed by atoms with van der Waals surface area (Å²) in [5, 5.41) is 9.42. The Morgan fingerprint density at radius 2 is 1.84 bits per heavy atom. The Bertz CT molecular complexity index is 373. The number of alkyl carbamates (subject to hydrolysis) is 1. The van der Waals surface area contributed by atoms with Crippen LogP contribution in [0.15, 0.2) is 4.99 Å². The third kappa shape index (κ3) is 14.5. The van der Waals surface area contributed by atoms with Gasteiger partial charge in [0.2, 0.25) is 0 Å². The predicted octanol–water partition coefficient (Wildman–Crippen LogP) is 2.37. The highest BCUT2D eigenvalue weighted by Gasteiger charge is 2.15. The number of guanidine groups is 1. The van der Waals surface area contributed by atoms with Crippen LogP contribution in [0.3, 0.4) is 0 Å². The smallest absolute Gasteiger partial charge is 0.407 e. The number of nitrogens with zero attached hydrogens (tertiary/aromatic N) is 1. The lowest BCUT2D eigenvalue weighted by Crippen LogP contribution is -2.47. The summed E-state index contributed by atoms with van der Waals surface area (Å²) in [6.07, 6.45) is 1.41. The number of ether oxygens (including phenoxy) is 2. The second-order valence-corrected chi connectivity index (χ2v) is 6.89. The molecule has 3 N–H and O–H groups in total. The van der Waals surface area contributed by atoms with Crippen LogP contribution >= 0.6 is 0 Å². The van der Waals surface area contributed by atoms with Crippen molar-refractivity contribution >= 4 is 12.1 Å². The lowest BCUT2D eigenvalue weighted by atomic mass is 10.0. The molecule has 0 radical (unpaired) electrons. The van der Waals surface area contributed by atoms with E-state index in [1.165, 1.54) is 0 Å². The van der Waals surface area contributed by atoms with Crippen molar-refractivity contribution in [3.8, 4) is 0 Å². The second kappa shape index (κ2) is 14.8. The zero-order chi connectivity index (χ0) is 19.1. The van der Waals surface area contributed by atoms with Crippen molar-refractivity contribution in [3.63, 3.8) is 0 Å². The van der Waals surface area contributed by atoms with Crippen LogP contribution < -0.4 is 16.0 Å². The number of hydrogen-bond donors (Lipinski definition) is 3. The Kier molecular flexibility index (Phi) is 13.9. The molecule has 25 heavy (non-hydrogen) atoms. The van der Waals surface area contributed by atoms with Gasteiger partial charge in [0.1, 0.15) is 0 Å². The highest BCUT2D eigenvalue weighted by Crippen LogP contribution is 2.04. The number of hydrogen-bond acceptors (Lipinski definition) is 4. The number of amides is 1. The van der Waals surface area contributed by atoms with Crippen LogP contribution in [0.1, 0.15) is 47.5 Å². The molecule has 0 aliphatic carbocycles. The molecular formula is C18H38N4O3. The third-order valence-corrected chi connectivity index (χ3v) is 3.30. The van der Waals surface area contributed by atoms with Crippen LogP contribution in [0.4, 0.5) is 4.79 Å². The molecule has 0 aliphatic rings. The number of carbonyl (C=O) groups excluding carboxylic acids is 1. The standard InChI is InChI=1S/C18H38N4O3/c1-7-25-18(23)22-16(11-14(2)3)12-21-17(19-6)20-9-8-10-24-13-15(4)5/h14-16H,7-13H2,1-6H3,(H,22,23)(H2,19,20,21). The molecule has 0 aromatic carbocycles. The van der Waals surface area contributed by atoms with Crippen LogP contribution in [-0.2, 0) is 9.47 Å². The highest BCUT2D eigenvalue weighted by atomic mass is 16.5. The maximum absolute atomic E-state index is 11.6. The van der Waals surface area contributed by atoms with E-state index in [0.29, 0.717) is 25.0 Å². The van der Waals surface area contributed by atoms with E-state index in [-0.39, 0.29) is 12.1 Å². The number of rotatable bonds is 12. The lowest BCUT2D eigenvalue weighted by molar-refractivity contribution is 0.108. The van der Waals surface area contributed by atoms with Gasteiger partial charge in [0.25, 0.3) is 0 Å². The molecule has 0 saturated carbocycles. The molecule has 7 nitrogen and oxygen atoms in total. The molecule has 0 heterocycles. The molecule has 1 unspecified atom stereocenters. The molecular weight excluding hydrogens is 320 g/mol. The first-order chi connectivity index (χ1) is 11.9. The largest absolute Gasteiger partial charge is 0.450 e. The van der Waals surface area contributed by atoms with Gasteiger partial charge in [-0.3, -0.25) is 4.99 Å². The van der Waals surface area contributed by atoms with Crippen LogP contribution in [0.5, 0.6) is 0 Å². The topological polar surface area (TPSA) is 84.0 Å². The van der Waals surface area contributed by atoms with Gasteiger partial charge in [-0.25, -0.2) is 4.79 Å². The maximum Gasteiger partial charge on any atom is 0.407 e. The summed E-state index contributed by atoms with van der Waals surface area (Å²) in [6.45, 7) is 13.6. The summed E-state index contributed by atoms with van der Waals surface area (Å²) < 4.78 is 10.5. The van der Waals surface area contributed by atoms with Gasteiger partial charge in [0.05, 0.1) is 6.61 Å². The first-order valence-corrected chi connectivity index (χ1v) is 9.34. The predicted molar refractivity (Wildman–Crippen MR) is 103 cm³/mol. The first-order valence-electron chi connectivity index (χ1n) is 9.34. The quantitative estimate of drug-likeness (QED) is 0.283. The first kappa shape index (κ1) is 23.5. The second-order valence-electron chi connectivity index (χ2n) is 6.89. The Balaban J connectivity index is 4.13. The van der Waals surface area contributed by atoms with E-state index in [4.69, 9.17) is 9.47 Å². The fourth-order valence-electron chi connectivity index (χ4n) is 2.24. The van der Waals surface area contributed by atoms with Crippen LogP contribution in [0.2, 0.25) is 0 Å². The van der Waals surface area contributed by atoms with Crippen molar-refractivity contribution in [3.05, 3.63) is 0 Å². The molecule has 1 amide bonds. The minimum absolute atomic E-state index is 0.00743. The van der Waals surface area contributed by atoms with Crippen molar-refractivity contribution in [2.75, 3.05) is 40.0 Å². The molecule has 1 atom stereocenters. The highest BCUT2D eigenvalue weighted by molar-refractivity contribution is 5.79. The normalized spacial score (nSPS) is 13.0. The van der Waals surface area contributed by atoms with Crippen molar-refractivity contribution in [1.29, 1.82) is 0 Å². The van der Waals surface area contributed by atoms with Gasteiger partial charge in [-0.2, -0.15) is 0 Å². The zero-order valence-corrected chi connectivity index (χ0v) is 16.9. The summed E-state index contributed by atoms with van der Waals surface area (Å²) >= 11 is 0. The van der Waals surface area contributed by atoms with E-state index in [9.17, 15) is 4.79 Å². The summed E-state index contributed by atoms with van der Waals surface area (Å²) in [6, 6.07) is -0.00743. The van der Waals surface area contributed by atoms with Gasteiger partial charge in [0.15, 0.2) is 5.96 Å². The number of aliphatic imine (C=N–C) groups is 1. The summed E-state index contributed by atoms with van der Waals surface area (Å²) in [7, 11) is 1.74. The molecule has 0 bridgehead atoms. The van der Waals surface area contributed by atoms with E-state index in [2.05, 4.69) is 48.6 Å². The molecule has 0 spiro atoms. The molecule has 0 aromatic heterocycles. The summed E-state index contributed by atoms with van der Waals surface area (Å²) in [5.74, 6) is 1.76. The van der Waals surface area contributed by atoms with E-state index in [1.54, 1.807) is 14.0 Å². The van der Waals surface area contributed by atoms with Crippen LogP contribution in [0, 0.1) is 11.8 Å². The molecule has 0 aliphatic heterocycles. The minimum Gasteiger partial charge on any atom is -0.450 e. The van der Waals surface area contributed by atoms with Gasteiger partial charge < -0.3 is 25.4 Å². The van der Waals surface area contributed by atoms with Gasteiger partial charge in [-0.1, -0.05) is 27.7 Å². The average Bonchev–Trinajstić information content (AvgIpc) is 2.52. The molecule has 0 aromatic rings. The molecule has 0 saturated heterocycles. The Hall–Kier alpha value is -1.50. The van der Waals surface area contributed by atoms with Gasteiger partial charge in [0, 0.05) is 39.4 Å². The summed E-state index contributed by atoms with van der Waals surface area (Å²) in [5.41, 5.74) is 0. The van der Waals surface area contributed by atoms with E-state index in [1.807, 2.05) is 0 Å². The fraction of sp³-hybridized carbons (Fsp3) is 0.889. The minimum atomic E-state index is -0.375. The summed E-state index contributed by atoms with van der Waals surface area (Å²) in [4.78, 5) is 15.9. The Labute approximate surface area is 153 Å². The van der Waals surface area contributed by atoms with Gasteiger partial charge >= 0.3 is 6.09 Å². The molecule has 148 valence electrons. The zero-order valence-electron chi connectivity index (χ0n) is 16.9. The van der Waals surface area contributed by atoms with Crippen molar-refractivity contribution < 1.29 is 14.3 Å². The lowest BCUT2D eigenvalue weighted by Gasteiger charge is -2.22. The number of carbonyl (C=O) groups is 1. The molecule has 0 rings (SSSR count). The maximum atomic E-state index is 11.6. The van der Waals surface area contributed by atoms with Gasteiger partial charge in [-0.05, 0) is 31.6 Å². The van der Waals surface area contributed by atoms with E-state index >= 15 is 0 Å². The third-order valence-electron chi connectivity index (χ3n) is 3.30. The van der Waals surface area contributed by atoms with Crippen molar-refractivity contribution in [2.24, 2.45) is 16.8 Å². The van der Waals surface area contributed by atoms with E-state index in [0.717, 1.165) is 38.6 Å². The monoisotopic (exact) mass is 358 g/mol.